The summed E-state index contributed by atoms with van der Waals surface area (Å²) in [7, 11) is 0. The van der Waals surface area contributed by atoms with Crippen LogP contribution in [0.4, 0.5) is 5.95 Å². The zero-order chi connectivity index (χ0) is 17.8. The molecule has 1 aliphatic heterocycles. The Morgan fingerprint density at radius 2 is 1.85 bits per heavy atom. The van der Waals surface area contributed by atoms with Gasteiger partial charge in [0.25, 0.3) is 0 Å². The first-order chi connectivity index (χ1) is 12.8. The van der Waals surface area contributed by atoms with Crippen molar-refractivity contribution in [1.82, 2.24) is 9.97 Å². The number of aliphatic hydroxyl groups is 1. The molecular formula is C21H23N3O2. The van der Waals surface area contributed by atoms with Crippen molar-refractivity contribution in [2.45, 2.75) is 18.9 Å². The monoisotopic (exact) mass is 349 g/mol. The van der Waals surface area contributed by atoms with E-state index in [1.165, 1.54) is 0 Å². The number of piperidine rings is 1. The van der Waals surface area contributed by atoms with Crippen LogP contribution < -0.4 is 4.90 Å². The van der Waals surface area contributed by atoms with Crippen LogP contribution in [0.5, 0.6) is 0 Å². The highest BCUT2D eigenvalue weighted by Gasteiger charge is 2.23. The molecule has 0 aliphatic carbocycles. The third-order valence-corrected chi connectivity index (χ3v) is 4.74. The molecule has 134 valence electrons. The molecule has 1 saturated heterocycles. The predicted octanol–water partition coefficient (Wildman–Crippen LogP) is 3.27. The number of para-hydroxylation sites is 1. The molecule has 3 aromatic rings. The van der Waals surface area contributed by atoms with E-state index in [4.69, 9.17) is 19.8 Å². The molecule has 0 saturated carbocycles. The Hall–Kier alpha value is -2.50. The van der Waals surface area contributed by atoms with E-state index < -0.39 is 0 Å². The van der Waals surface area contributed by atoms with Gasteiger partial charge in [0.05, 0.1) is 30.5 Å². The molecule has 4 rings (SSSR count). The normalized spacial score (nSPS) is 17.6. The van der Waals surface area contributed by atoms with E-state index >= 15 is 0 Å². The average Bonchev–Trinajstić information content (AvgIpc) is 2.72. The molecule has 1 fully saturated rings. The number of hydrogen-bond donors (Lipinski definition) is 1. The van der Waals surface area contributed by atoms with Gasteiger partial charge in [-0.1, -0.05) is 48.5 Å². The maximum atomic E-state index is 9.00. The Morgan fingerprint density at radius 1 is 1.04 bits per heavy atom. The van der Waals surface area contributed by atoms with E-state index in [0.29, 0.717) is 6.61 Å². The topological polar surface area (TPSA) is 58.5 Å². The molecule has 2 aromatic carbocycles. The highest BCUT2D eigenvalue weighted by molar-refractivity contribution is 5.93. The van der Waals surface area contributed by atoms with Gasteiger partial charge in [-0.25, -0.2) is 9.97 Å². The second-order valence-electron chi connectivity index (χ2n) is 6.56. The zero-order valence-electron chi connectivity index (χ0n) is 14.7. The molecule has 1 N–H and O–H groups in total. The fourth-order valence-electron chi connectivity index (χ4n) is 3.50. The van der Waals surface area contributed by atoms with Crippen molar-refractivity contribution in [2.75, 3.05) is 31.2 Å². The van der Waals surface area contributed by atoms with Crippen LogP contribution >= 0.6 is 0 Å². The molecule has 1 atom stereocenters. The molecule has 0 amide bonds. The lowest BCUT2D eigenvalue weighted by molar-refractivity contribution is 0.0212. The van der Waals surface area contributed by atoms with E-state index in [0.717, 1.165) is 54.0 Å². The first kappa shape index (κ1) is 16.9. The maximum absolute atomic E-state index is 9.00. The smallest absolute Gasteiger partial charge is 0.226 e. The summed E-state index contributed by atoms with van der Waals surface area (Å²) < 4.78 is 5.74. The van der Waals surface area contributed by atoms with Gasteiger partial charge in [0.1, 0.15) is 0 Å². The van der Waals surface area contributed by atoms with Crippen LogP contribution in [0, 0.1) is 0 Å². The van der Waals surface area contributed by atoms with Crippen molar-refractivity contribution in [3.63, 3.8) is 0 Å². The second kappa shape index (κ2) is 7.81. The lowest BCUT2D eigenvalue weighted by Gasteiger charge is -2.33. The van der Waals surface area contributed by atoms with Gasteiger partial charge < -0.3 is 14.7 Å². The van der Waals surface area contributed by atoms with Crippen molar-refractivity contribution in [3.8, 4) is 11.3 Å². The molecule has 1 aromatic heterocycles. The summed E-state index contributed by atoms with van der Waals surface area (Å²) in [4.78, 5) is 11.9. The molecule has 2 heterocycles. The largest absolute Gasteiger partial charge is 0.394 e. The second-order valence-corrected chi connectivity index (χ2v) is 6.56. The number of benzene rings is 2. The fourth-order valence-corrected chi connectivity index (χ4v) is 3.50. The molecule has 1 unspecified atom stereocenters. The Morgan fingerprint density at radius 3 is 2.69 bits per heavy atom. The first-order valence-electron chi connectivity index (χ1n) is 9.15. The average molecular weight is 349 g/mol. The van der Waals surface area contributed by atoms with E-state index in [-0.39, 0.29) is 12.7 Å². The Bertz CT molecular complexity index is 870. The van der Waals surface area contributed by atoms with Gasteiger partial charge in [0.2, 0.25) is 5.95 Å². The number of aromatic nitrogens is 2. The summed E-state index contributed by atoms with van der Waals surface area (Å²) in [5.41, 5.74) is 3.01. The van der Waals surface area contributed by atoms with Gasteiger partial charge >= 0.3 is 0 Å². The number of fused-ring (bicyclic) bond motifs is 1. The number of rotatable bonds is 5. The summed E-state index contributed by atoms with van der Waals surface area (Å²) >= 11 is 0. The minimum atomic E-state index is 0.0567. The standard InChI is InChI=1S/C21H23N3O2/c25-13-14-26-17-9-6-12-24(15-17)21-22-19-11-5-4-10-18(19)20(23-21)16-7-2-1-3-8-16/h1-5,7-8,10-11,17,25H,6,9,12-15H2. The van der Waals surface area contributed by atoms with Crippen molar-refractivity contribution in [1.29, 1.82) is 0 Å². The van der Waals surface area contributed by atoms with Crippen molar-refractivity contribution in [3.05, 3.63) is 54.6 Å². The Labute approximate surface area is 153 Å². The van der Waals surface area contributed by atoms with Gasteiger partial charge in [0, 0.05) is 24.0 Å². The highest BCUT2D eigenvalue weighted by atomic mass is 16.5. The van der Waals surface area contributed by atoms with Crippen LogP contribution in [-0.4, -0.2) is 47.5 Å². The van der Waals surface area contributed by atoms with Crippen molar-refractivity contribution < 1.29 is 9.84 Å². The van der Waals surface area contributed by atoms with Gasteiger partial charge in [-0.2, -0.15) is 0 Å². The molecule has 0 bridgehead atoms. The van der Waals surface area contributed by atoms with Crippen LogP contribution in [0.25, 0.3) is 22.2 Å². The van der Waals surface area contributed by atoms with E-state index in [1.807, 2.05) is 36.4 Å². The summed E-state index contributed by atoms with van der Waals surface area (Å²) in [5.74, 6) is 0.750. The number of nitrogens with zero attached hydrogens (tertiary/aromatic N) is 3. The molecular weight excluding hydrogens is 326 g/mol. The molecule has 5 heteroatoms. The van der Waals surface area contributed by atoms with Crippen LogP contribution in [0.3, 0.4) is 0 Å². The number of hydrogen-bond acceptors (Lipinski definition) is 5. The minimum absolute atomic E-state index is 0.0567. The highest BCUT2D eigenvalue weighted by Crippen LogP contribution is 2.29. The SMILES string of the molecule is OCCOC1CCCN(c2nc(-c3ccccc3)c3ccccc3n2)C1. The summed E-state index contributed by atoms with van der Waals surface area (Å²) in [6.45, 7) is 2.12. The third kappa shape index (κ3) is 3.54. The van der Waals surface area contributed by atoms with Gasteiger partial charge in [-0.15, -0.1) is 0 Å². The van der Waals surface area contributed by atoms with Crippen molar-refractivity contribution >= 4 is 16.9 Å². The van der Waals surface area contributed by atoms with Gasteiger partial charge in [0.15, 0.2) is 0 Å². The molecule has 26 heavy (non-hydrogen) atoms. The quantitative estimate of drug-likeness (QED) is 0.766. The molecule has 0 radical (unpaired) electrons. The van der Waals surface area contributed by atoms with Gasteiger partial charge in [-0.3, -0.25) is 0 Å². The summed E-state index contributed by atoms with van der Waals surface area (Å²) in [5, 5.41) is 10.1. The van der Waals surface area contributed by atoms with E-state index in [2.05, 4.69) is 23.1 Å². The fraction of sp³-hybridized carbons (Fsp3) is 0.333. The van der Waals surface area contributed by atoms with Crippen LogP contribution in [0.15, 0.2) is 54.6 Å². The summed E-state index contributed by atoms with van der Waals surface area (Å²) in [6.07, 6.45) is 2.16. The predicted molar refractivity (Wildman–Crippen MR) is 103 cm³/mol. The van der Waals surface area contributed by atoms with Crippen LogP contribution in [-0.2, 0) is 4.74 Å². The Kier molecular flexibility index (Phi) is 5.09. The number of ether oxygens (including phenoxy) is 1. The van der Waals surface area contributed by atoms with Crippen molar-refractivity contribution in [2.24, 2.45) is 0 Å². The number of anilines is 1. The number of aliphatic hydroxyl groups excluding tert-OH is 1. The lowest BCUT2D eigenvalue weighted by atomic mass is 10.1. The lowest BCUT2D eigenvalue weighted by Crippen LogP contribution is -2.41. The zero-order valence-corrected chi connectivity index (χ0v) is 14.7. The van der Waals surface area contributed by atoms with E-state index in [9.17, 15) is 0 Å². The van der Waals surface area contributed by atoms with Crippen LogP contribution in [0.1, 0.15) is 12.8 Å². The summed E-state index contributed by atoms with van der Waals surface area (Å²) in [6, 6.07) is 18.4. The van der Waals surface area contributed by atoms with Gasteiger partial charge in [-0.05, 0) is 18.9 Å². The molecule has 0 spiro atoms. The third-order valence-electron chi connectivity index (χ3n) is 4.74. The minimum Gasteiger partial charge on any atom is -0.394 e. The van der Waals surface area contributed by atoms with E-state index in [1.54, 1.807) is 0 Å². The Balaban J connectivity index is 1.72. The molecule has 5 nitrogen and oxygen atoms in total. The molecule has 1 aliphatic rings. The van der Waals surface area contributed by atoms with Crippen LogP contribution in [0.2, 0.25) is 0 Å². The first-order valence-corrected chi connectivity index (χ1v) is 9.15. The maximum Gasteiger partial charge on any atom is 0.226 e.